The van der Waals surface area contributed by atoms with Crippen molar-refractivity contribution in [1.29, 1.82) is 0 Å². The Morgan fingerprint density at radius 3 is 2.16 bits per heavy atom. The fourth-order valence-electron chi connectivity index (χ4n) is 2.22. The van der Waals surface area contributed by atoms with E-state index in [1.54, 1.807) is 0 Å². The molecule has 0 bridgehead atoms. The first-order valence-electron chi connectivity index (χ1n) is 6.45. The topological polar surface area (TPSA) is 41.6 Å². The van der Waals surface area contributed by atoms with Crippen LogP contribution in [0, 0.1) is 13.8 Å². The van der Waals surface area contributed by atoms with Crippen LogP contribution in [0.1, 0.15) is 48.8 Å². The average Bonchev–Trinajstić information content (AvgIpc) is 2.68. The van der Waals surface area contributed by atoms with Crippen LogP contribution in [0.5, 0.6) is 0 Å². The van der Waals surface area contributed by atoms with Crippen LogP contribution < -0.4 is 0 Å². The second-order valence-corrected chi connectivity index (χ2v) is 6.40. The summed E-state index contributed by atoms with van der Waals surface area (Å²) >= 11 is 5.74. The Morgan fingerprint density at radius 2 is 1.74 bits per heavy atom. The molecule has 0 aliphatic heterocycles. The van der Waals surface area contributed by atoms with Crippen LogP contribution in [0.2, 0.25) is 5.28 Å². The van der Waals surface area contributed by atoms with Gasteiger partial charge in [-0.05, 0) is 53.1 Å². The minimum absolute atomic E-state index is 0.170. The summed E-state index contributed by atoms with van der Waals surface area (Å²) in [7, 11) is 0. The highest BCUT2D eigenvalue weighted by atomic mass is 35.5. The SMILES string of the molecule is Cc1cc(C(C)(C)C)cc(C)c1Cc1nc(Cl)n[nH]1. The third-order valence-corrected chi connectivity index (χ3v) is 3.58. The van der Waals surface area contributed by atoms with E-state index in [9.17, 15) is 0 Å². The van der Waals surface area contributed by atoms with Gasteiger partial charge in [-0.2, -0.15) is 0 Å². The second-order valence-electron chi connectivity index (χ2n) is 6.07. The van der Waals surface area contributed by atoms with Gasteiger partial charge in [-0.1, -0.05) is 32.9 Å². The van der Waals surface area contributed by atoms with E-state index in [1.165, 1.54) is 22.3 Å². The summed E-state index contributed by atoms with van der Waals surface area (Å²) in [6.07, 6.45) is 0.738. The minimum Gasteiger partial charge on any atom is -0.261 e. The molecule has 1 N–H and O–H groups in total. The van der Waals surface area contributed by atoms with Gasteiger partial charge in [0.25, 0.3) is 0 Å². The van der Waals surface area contributed by atoms with E-state index < -0.39 is 0 Å². The van der Waals surface area contributed by atoms with Crippen molar-refractivity contribution in [3.63, 3.8) is 0 Å². The Morgan fingerprint density at radius 1 is 1.16 bits per heavy atom. The van der Waals surface area contributed by atoms with Gasteiger partial charge in [0.05, 0.1) is 0 Å². The third-order valence-electron chi connectivity index (χ3n) is 3.41. The number of hydrogen-bond donors (Lipinski definition) is 1. The largest absolute Gasteiger partial charge is 0.261 e. The van der Waals surface area contributed by atoms with Gasteiger partial charge in [-0.3, -0.25) is 5.10 Å². The summed E-state index contributed by atoms with van der Waals surface area (Å²) in [5.74, 6) is 0.805. The molecule has 0 spiro atoms. The number of rotatable bonds is 2. The number of benzene rings is 1. The summed E-state index contributed by atoms with van der Waals surface area (Å²) in [6, 6.07) is 4.53. The van der Waals surface area contributed by atoms with Crippen LogP contribution in [-0.4, -0.2) is 15.2 Å². The van der Waals surface area contributed by atoms with Crippen molar-refractivity contribution in [3.05, 3.63) is 45.5 Å². The van der Waals surface area contributed by atoms with Crippen LogP contribution in [0.4, 0.5) is 0 Å². The van der Waals surface area contributed by atoms with Gasteiger partial charge < -0.3 is 0 Å². The van der Waals surface area contributed by atoms with Crippen molar-refractivity contribution in [3.8, 4) is 0 Å². The first-order chi connectivity index (χ1) is 8.77. The molecule has 1 aromatic heterocycles. The maximum Gasteiger partial charge on any atom is 0.242 e. The molecule has 0 saturated carbocycles. The molecule has 2 aromatic rings. The van der Waals surface area contributed by atoms with Gasteiger partial charge in [-0.15, -0.1) is 5.10 Å². The molecule has 4 heteroatoms. The van der Waals surface area contributed by atoms with Crippen molar-refractivity contribution in [2.24, 2.45) is 0 Å². The maximum absolute atomic E-state index is 5.74. The highest BCUT2D eigenvalue weighted by Crippen LogP contribution is 2.27. The first kappa shape index (κ1) is 14.1. The number of aromatic nitrogens is 3. The molecule has 0 aliphatic rings. The van der Waals surface area contributed by atoms with E-state index in [1.807, 2.05) is 0 Å². The Hall–Kier alpha value is -1.35. The average molecular weight is 278 g/mol. The fourth-order valence-corrected chi connectivity index (χ4v) is 2.37. The number of nitrogens with one attached hydrogen (secondary N) is 1. The second kappa shape index (κ2) is 4.97. The Labute approximate surface area is 119 Å². The molecule has 0 amide bonds. The van der Waals surface area contributed by atoms with Gasteiger partial charge in [0, 0.05) is 6.42 Å². The van der Waals surface area contributed by atoms with Gasteiger partial charge in [0.15, 0.2) is 0 Å². The minimum atomic E-state index is 0.170. The molecule has 0 aliphatic carbocycles. The van der Waals surface area contributed by atoms with Gasteiger partial charge in [-0.25, -0.2) is 4.98 Å². The molecule has 0 fully saturated rings. The molecule has 1 heterocycles. The summed E-state index contributed by atoms with van der Waals surface area (Å²) < 4.78 is 0. The van der Waals surface area contributed by atoms with E-state index in [2.05, 4.69) is 61.9 Å². The van der Waals surface area contributed by atoms with Gasteiger partial charge in [0.1, 0.15) is 5.82 Å². The van der Waals surface area contributed by atoms with Gasteiger partial charge in [0.2, 0.25) is 5.28 Å². The van der Waals surface area contributed by atoms with E-state index in [0.717, 1.165) is 12.2 Å². The highest BCUT2D eigenvalue weighted by Gasteiger charge is 2.16. The molecule has 3 nitrogen and oxygen atoms in total. The van der Waals surface area contributed by atoms with Crippen molar-refractivity contribution >= 4 is 11.6 Å². The predicted octanol–water partition coefficient (Wildman–Crippen LogP) is 3.96. The first-order valence-corrected chi connectivity index (χ1v) is 6.82. The van der Waals surface area contributed by atoms with Crippen molar-refractivity contribution in [2.45, 2.75) is 46.5 Å². The standard InChI is InChI=1S/C15H20ClN3/c1-9-6-11(15(3,4)5)7-10(2)12(9)8-13-17-14(16)19-18-13/h6-7H,8H2,1-5H3,(H,17,18,19). The number of aromatic amines is 1. The predicted molar refractivity (Wildman–Crippen MR) is 78.8 cm³/mol. The van der Waals surface area contributed by atoms with Crippen LogP contribution >= 0.6 is 11.6 Å². The molecule has 1 aromatic carbocycles. The molecule has 2 rings (SSSR count). The van der Waals surface area contributed by atoms with E-state index in [4.69, 9.17) is 11.6 Å². The van der Waals surface area contributed by atoms with E-state index in [-0.39, 0.29) is 10.7 Å². The van der Waals surface area contributed by atoms with Gasteiger partial charge >= 0.3 is 0 Å². The number of hydrogen-bond acceptors (Lipinski definition) is 2. The Kier molecular flexibility index (Phi) is 3.68. The zero-order valence-electron chi connectivity index (χ0n) is 12.1. The summed E-state index contributed by atoms with van der Waals surface area (Å²) in [6.45, 7) is 11.0. The monoisotopic (exact) mass is 277 g/mol. The molecule has 0 radical (unpaired) electrons. The quantitative estimate of drug-likeness (QED) is 0.903. The van der Waals surface area contributed by atoms with E-state index in [0.29, 0.717) is 0 Å². The smallest absolute Gasteiger partial charge is 0.242 e. The van der Waals surface area contributed by atoms with Crippen LogP contribution in [0.15, 0.2) is 12.1 Å². The zero-order valence-corrected chi connectivity index (χ0v) is 12.9. The molecular weight excluding hydrogens is 258 g/mol. The lowest BCUT2D eigenvalue weighted by atomic mass is 9.83. The molecule has 102 valence electrons. The lowest BCUT2D eigenvalue weighted by Gasteiger charge is -2.22. The Balaban J connectivity index is 2.37. The lowest BCUT2D eigenvalue weighted by molar-refractivity contribution is 0.588. The zero-order chi connectivity index (χ0) is 14.2. The molecular formula is C15H20ClN3. The number of nitrogens with zero attached hydrogens (tertiary/aromatic N) is 2. The summed E-state index contributed by atoms with van der Waals surface area (Å²) in [5, 5.41) is 6.99. The van der Waals surface area contributed by atoms with Crippen LogP contribution in [0.3, 0.4) is 0 Å². The fraction of sp³-hybridized carbons (Fsp3) is 0.467. The highest BCUT2D eigenvalue weighted by molar-refractivity contribution is 6.28. The normalized spacial score (nSPS) is 11.9. The number of H-pyrrole nitrogens is 1. The summed E-state index contributed by atoms with van der Waals surface area (Å²) in [5.41, 5.74) is 5.40. The maximum atomic E-state index is 5.74. The van der Waals surface area contributed by atoms with Crippen molar-refractivity contribution in [2.75, 3.05) is 0 Å². The molecule has 0 unspecified atom stereocenters. The molecule has 19 heavy (non-hydrogen) atoms. The molecule has 0 saturated heterocycles. The lowest BCUT2D eigenvalue weighted by Crippen LogP contribution is -2.12. The summed E-state index contributed by atoms with van der Waals surface area (Å²) in [4.78, 5) is 4.16. The third kappa shape index (κ3) is 3.16. The number of halogens is 1. The van der Waals surface area contributed by atoms with Crippen LogP contribution in [-0.2, 0) is 11.8 Å². The van der Waals surface area contributed by atoms with Crippen molar-refractivity contribution in [1.82, 2.24) is 15.2 Å². The Bertz CT molecular complexity index is 571. The number of aryl methyl sites for hydroxylation is 2. The van der Waals surface area contributed by atoms with E-state index >= 15 is 0 Å². The molecule has 0 atom stereocenters. The van der Waals surface area contributed by atoms with Crippen LogP contribution in [0.25, 0.3) is 0 Å². The van der Waals surface area contributed by atoms with Crippen molar-refractivity contribution < 1.29 is 0 Å².